The third-order valence-corrected chi connectivity index (χ3v) is 5.18. The number of anilines is 2. The van der Waals surface area contributed by atoms with Crippen LogP contribution in [-0.2, 0) is 13.2 Å². The molecule has 162 valence electrons. The van der Waals surface area contributed by atoms with Crippen LogP contribution in [0.1, 0.15) is 5.76 Å². The van der Waals surface area contributed by atoms with Gasteiger partial charge in [-0.25, -0.2) is 4.68 Å². The van der Waals surface area contributed by atoms with Crippen molar-refractivity contribution in [1.82, 2.24) is 14.7 Å². The summed E-state index contributed by atoms with van der Waals surface area (Å²) in [6, 6.07) is 11.0. The lowest BCUT2D eigenvalue weighted by atomic mass is 10.2. The molecule has 11 nitrogen and oxygen atoms in total. The Balaban J connectivity index is 1.43. The molecule has 1 saturated heterocycles. The fraction of sp³-hybridized carbons (Fsp3) is 0.300. The lowest BCUT2D eigenvalue weighted by molar-refractivity contribution is -0.384. The monoisotopic (exact) mass is 426 g/mol. The summed E-state index contributed by atoms with van der Waals surface area (Å²) >= 11 is 0. The smallest absolute Gasteiger partial charge is 0.292 e. The number of hydrogen-bond acceptors (Lipinski definition) is 8. The van der Waals surface area contributed by atoms with E-state index in [4.69, 9.17) is 4.42 Å². The first kappa shape index (κ1) is 20.4. The van der Waals surface area contributed by atoms with E-state index in [2.05, 4.69) is 20.2 Å². The molecule has 0 spiro atoms. The van der Waals surface area contributed by atoms with Gasteiger partial charge in [-0.2, -0.15) is 0 Å². The molecule has 1 aliphatic rings. The second-order valence-corrected chi connectivity index (χ2v) is 7.21. The summed E-state index contributed by atoms with van der Waals surface area (Å²) in [5.41, 5.74) is 0.719. The number of rotatable bonds is 7. The largest absolute Gasteiger partial charge is 0.467 e. The Kier molecular flexibility index (Phi) is 5.85. The van der Waals surface area contributed by atoms with Crippen molar-refractivity contribution in [3.05, 3.63) is 85.3 Å². The van der Waals surface area contributed by atoms with E-state index in [1.54, 1.807) is 30.5 Å². The van der Waals surface area contributed by atoms with E-state index in [1.807, 2.05) is 0 Å². The van der Waals surface area contributed by atoms with Crippen LogP contribution in [0.15, 0.2) is 62.7 Å². The van der Waals surface area contributed by atoms with Gasteiger partial charge in [0, 0.05) is 50.1 Å². The van der Waals surface area contributed by atoms with E-state index in [-0.39, 0.29) is 16.8 Å². The number of benzene rings is 1. The minimum atomic E-state index is -0.412. The Hall–Kier alpha value is -3.86. The fourth-order valence-corrected chi connectivity index (χ4v) is 3.53. The quantitative estimate of drug-likeness (QED) is 0.429. The summed E-state index contributed by atoms with van der Waals surface area (Å²) in [5, 5.41) is 17.0. The fourth-order valence-electron chi connectivity index (χ4n) is 3.53. The molecule has 2 aromatic heterocycles. The van der Waals surface area contributed by atoms with Gasteiger partial charge in [-0.15, -0.1) is 0 Å². The number of nitro groups is 1. The van der Waals surface area contributed by atoms with E-state index in [1.165, 1.54) is 22.9 Å². The highest BCUT2D eigenvalue weighted by Crippen LogP contribution is 2.30. The van der Waals surface area contributed by atoms with E-state index < -0.39 is 4.92 Å². The van der Waals surface area contributed by atoms with Crippen LogP contribution in [0.2, 0.25) is 0 Å². The first-order valence-corrected chi connectivity index (χ1v) is 9.82. The van der Waals surface area contributed by atoms with Gasteiger partial charge in [-0.05, 0) is 24.3 Å². The number of aromatic nitrogens is 2. The van der Waals surface area contributed by atoms with Crippen molar-refractivity contribution >= 4 is 17.1 Å². The van der Waals surface area contributed by atoms with Crippen molar-refractivity contribution in [2.75, 3.05) is 36.4 Å². The van der Waals surface area contributed by atoms with Crippen LogP contribution in [0.25, 0.3) is 0 Å². The predicted octanol–water partition coefficient (Wildman–Crippen LogP) is 1.43. The number of nitrogens with zero attached hydrogens (tertiary/aromatic N) is 4. The molecule has 0 unspecified atom stereocenters. The Bertz CT molecular complexity index is 1160. The number of furan rings is 1. The van der Waals surface area contributed by atoms with Crippen LogP contribution in [0.4, 0.5) is 17.1 Å². The number of nitro benzene ring substituents is 1. The first-order valence-electron chi connectivity index (χ1n) is 9.82. The molecule has 0 radical (unpaired) electrons. The van der Waals surface area contributed by atoms with Gasteiger partial charge in [0.05, 0.1) is 24.4 Å². The molecule has 31 heavy (non-hydrogen) atoms. The van der Waals surface area contributed by atoms with Crippen molar-refractivity contribution in [2.24, 2.45) is 0 Å². The highest BCUT2D eigenvalue weighted by molar-refractivity contribution is 5.69. The molecule has 1 aliphatic heterocycles. The van der Waals surface area contributed by atoms with Gasteiger partial charge < -0.3 is 14.6 Å². The summed E-state index contributed by atoms with van der Waals surface area (Å²) in [5.74, 6) is 0.683. The van der Waals surface area contributed by atoms with Gasteiger partial charge >= 0.3 is 0 Å². The molecule has 0 bridgehead atoms. The first-order chi connectivity index (χ1) is 15.0. The van der Waals surface area contributed by atoms with Crippen LogP contribution in [-0.4, -0.2) is 45.8 Å². The second-order valence-electron chi connectivity index (χ2n) is 7.21. The highest BCUT2D eigenvalue weighted by atomic mass is 16.6. The van der Waals surface area contributed by atoms with E-state index in [0.717, 1.165) is 5.69 Å². The highest BCUT2D eigenvalue weighted by Gasteiger charge is 2.21. The Morgan fingerprint density at radius 1 is 1.10 bits per heavy atom. The third kappa shape index (κ3) is 4.83. The lowest BCUT2D eigenvalue weighted by Gasteiger charge is -2.36. The van der Waals surface area contributed by atoms with Crippen LogP contribution in [0.5, 0.6) is 0 Å². The molecule has 4 rings (SSSR count). The van der Waals surface area contributed by atoms with Crippen molar-refractivity contribution in [1.29, 1.82) is 0 Å². The molecule has 0 amide bonds. The number of H-pyrrole nitrogens is 1. The number of hydrogen-bond donors (Lipinski definition) is 2. The maximum atomic E-state index is 11.9. The van der Waals surface area contributed by atoms with Crippen LogP contribution in [0, 0.1) is 10.1 Å². The second kappa shape index (κ2) is 8.88. The summed E-state index contributed by atoms with van der Waals surface area (Å²) in [7, 11) is 0. The molecular weight excluding hydrogens is 404 g/mol. The van der Waals surface area contributed by atoms with Crippen LogP contribution < -0.4 is 21.3 Å². The Morgan fingerprint density at radius 2 is 1.90 bits per heavy atom. The standard InChI is InChI=1S/C20H22N6O5/c27-19-5-6-20(28)25(22-19)14-23-7-9-24(10-8-23)15-3-4-18(26(29)30)17(12-15)21-13-16-2-1-11-31-16/h1-6,11-12,21H,7-10,13-14H2,(H,22,27). The zero-order chi connectivity index (χ0) is 21.8. The zero-order valence-corrected chi connectivity index (χ0v) is 16.7. The SMILES string of the molecule is O=c1ccc(=O)n(CN2CCN(c3ccc([N+](=O)[O-])c(NCc4ccco4)c3)CC2)[nH]1. The predicted molar refractivity (Wildman–Crippen MR) is 114 cm³/mol. The van der Waals surface area contributed by atoms with Gasteiger partial charge in [0.15, 0.2) is 0 Å². The van der Waals surface area contributed by atoms with E-state index in [9.17, 15) is 19.7 Å². The lowest BCUT2D eigenvalue weighted by Crippen LogP contribution is -2.48. The molecule has 0 atom stereocenters. The molecule has 1 fully saturated rings. The molecule has 0 aliphatic carbocycles. The van der Waals surface area contributed by atoms with Gasteiger partial charge in [-0.1, -0.05) is 0 Å². The minimum absolute atomic E-state index is 0.00125. The summed E-state index contributed by atoms with van der Waals surface area (Å²) in [6.07, 6.45) is 1.56. The molecule has 3 heterocycles. The summed E-state index contributed by atoms with van der Waals surface area (Å²) in [4.78, 5) is 38.5. The van der Waals surface area contributed by atoms with Gasteiger partial charge in [0.25, 0.3) is 16.8 Å². The minimum Gasteiger partial charge on any atom is -0.467 e. The molecule has 1 aromatic carbocycles. The average molecular weight is 426 g/mol. The zero-order valence-electron chi connectivity index (χ0n) is 16.7. The number of aromatic amines is 1. The molecule has 2 N–H and O–H groups in total. The normalized spacial score (nSPS) is 14.5. The summed E-state index contributed by atoms with van der Waals surface area (Å²) in [6.45, 7) is 3.36. The van der Waals surface area contributed by atoms with Crippen LogP contribution in [0.3, 0.4) is 0 Å². The average Bonchev–Trinajstić information content (AvgIpc) is 3.29. The molecule has 11 heteroatoms. The topological polar surface area (TPSA) is 130 Å². The van der Waals surface area contributed by atoms with E-state index >= 15 is 0 Å². The van der Waals surface area contributed by atoms with Gasteiger partial charge in [0.2, 0.25) is 0 Å². The maximum Gasteiger partial charge on any atom is 0.292 e. The molecule has 3 aromatic rings. The Labute approximate surface area is 176 Å². The third-order valence-electron chi connectivity index (χ3n) is 5.18. The van der Waals surface area contributed by atoms with Gasteiger partial charge in [0.1, 0.15) is 11.4 Å². The van der Waals surface area contributed by atoms with Gasteiger partial charge in [-0.3, -0.25) is 29.7 Å². The van der Waals surface area contributed by atoms with Crippen LogP contribution >= 0.6 is 0 Å². The molecule has 0 saturated carbocycles. The van der Waals surface area contributed by atoms with E-state index in [0.29, 0.717) is 50.8 Å². The van der Waals surface area contributed by atoms with Crippen molar-refractivity contribution in [3.63, 3.8) is 0 Å². The number of piperazine rings is 1. The van der Waals surface area contributed by atoms with Crippen molar-refractivity contribution < 1.29 is 9.34 Å². The molecular formula is C20H22N6O5. The maximum absolute atomic E-state index is 11.9. The van der Waals surface area contributed by atoms with Crippen molar-refractivity contribution in [2.45, 2.75) is 13.2 Å². The number of nitrogens with one attached hydrogen (secondary N) is 2. The van der Waals surface area contributed by atoms with Crippen molar-refractivity contribution in [3.8, 4) is 0 Å². The Morgan fingerprint density at radius 3 is 2.61 bits per heavy atom. The summed E-state index contributed by atoms with van der Waals surface area (Å²) < 4.78 is 6.58.